The molecule has 1 heterocycles. The standard InChI is InChI=1S/C13H17NO/c15-8-12(11-4-2-1-3-5-11)14-9-13(10-14)6-7-13/h1-5,12,15H,6-10H2. The smallest absolute Gasteiger partial charge is 0.0628 e. The van der Waals surface area contributed by atoms with E-state index < -0.39 is 0 Å². The minimum Gasteiger partial charge on any atom is -0.394 e. The Kier molecular flexibility index (Phi) is 2.08. The van der Waals surface area contributed by atoms with Crippen molar-refractivity contribution in [3.05, 3.63) is 35.9 Å². The van der Waals surface area contributed by atoms with Crippen molar-refractivity contribution in [2.24, 2.45) is 5.41 Å². The summed E-state index contributed by atoms with van der Waals surface area (Å²) in [6.07, 6.45) is 2.80. The zero-order chi connectivity index (χ0) is 10.3. The number of aliphatic hydroxyl groups excluding tert-OH is 1. The highest BCUT2D eigenvalue weighted by molar-refractivity contribution is 5.21. The molecule has 0 amide bonds. The largest absolute Gasteiger partial charge is 0.394 e. The maximum atomic E-state index is 9.46. The number of nitrogens with zero attached hydrogens (tertiary/aromatic N) is 1. The van der Waals surface area contributed by atoms with Gasteiger partial charge in [-0.2, -0.15) is 0 Å². The molecule has 1 saturated heterocycles. The number of aliphatic hydroxyl groups is 1. The van der Waals surface area contributed by atoms with E-state index in [1.807, 2.05) is 18.2 Å². The molecule has 2 heteroatoms. The first-order valence-corrected chi connectivity index (χ1v) is 5.73. The molecule has 2 nitrogen and oxygen atoms in total. The van der Waals surface area contributed by atoms with Gasteiger partial charge in [-0.3, -0.25) is 4.90 Å². The van der Waals surface area contributed by atoms with E-state index in [1.54, 1.807) is 0 Å². The van der Waals surface area contributed by atoms with Crippen molar-refractivity contribution >= 4 is 0 Å². The van der Waals surface area contributed by atoms with Gasteiger partial charge in [0.25, 0.3) is 0 Å². The van der Waals surface area contributed by atoms with Gasteiger partial charge in [-0.25, -0.2) is 0 Å². The highest BCUT2D eigenvalue weighted by Gasteiger charge is 2.53. The average Bonchev–Trinajstić information content (AvgIpc) is 3.00. The molecule has 1 aliphatic carbocycles. The summed E-state index contributed by atoms with van der Waals surface area (Å²) < 4.78 is 0. The number of likely N-dealkylation sites (tertiary alicyclic amines) is 1. The van der Waals surface area contributed by atoms with Crippen LogP contribution in [0.2, 0.25) is 0 Å². The van der Waals surface area contributed by atoms with Gasteiger partial charge in [-0.05, 0) is 23.8 Å². The summed E-state index contributed by atoms with van der Waals surface area (Å²) in [7, 11) is 0. The summed E-state index contributed by atoms with van der Waals surface area (Å²) in [4.78, 5) is 2.41. The normalized spacial score (nSPS) is 24.9. The molecular weight excluding hydrogens is 186 g/mol. The Labute approximate surface area is 90.5 Å². The third-order valence-electron chi connectivity index (χ3n) is 3.83. The van der Waals surface area contributed by atoms with E-state index >= 15 is 0 Å². The number of rotatable bonds is 3. The fraction of sp³-hybridized carbons (Fsp3) is 0.538. The first kappa shape index (κ1) is 9.37. The van der Waals surface area contributed by atoms with Crippen LogP contribution in [0.15, 0.2) is 30.3 Å². The second-order valence-electron chi connectivity index (χ2n) is 5.01. The predicted octanol–water partition coefficient (Wildman–Crippen LogP) is 1.82. The van der Waals surface area contributed by atoms with Gasteiger partial charge < -0.3 is 5.11 Å². The van der Waals surface area contributed by atoms with E-state index in [0.29, 0.717) is 5.41 Å². The molecule has 1 unspecified atom stereocenters. The van der Waals surface area contributed by atoms with E-state index in [0.717, 1.165) is 0 Å². The molecule has 1 saturated carbocycles. The van der Waals surface area contributed by atoms with Gasteiger partial charge in [0, 0.05) is 13.1 Å². The maximum absolute atomic E-state index is 9.46. The van der Waals surface area contributed by atoms with Crippen molar-refractivity contribution in [3.8, 4) is 0 Å². The Balaban J connectivity index is 1.72. The SMILES string of the molecule is OCC(c1ccccc1)N1CC2(CC2)C1. The minimum atomic E-state index is 0.220. The Hall–Kier alpha value is -0.860. The molecule has 2 aliphatic rings. The summed E-state index contributed by atoms with van der Waals surface area (Å²) in [5.41, 5.74) is 1.91. The van der Waals surface area contributed by atoms with Crippen molar-refractivity contribution in [2.45, 2.75) is 18.9 Å². The lowest BCUT2D eigenvalue weighted by molar-refractivity contribution is 0.00977. The predicted molar refractivity (Wildman–Crippen MR) is 59.5 cm³/mol. The van der Waals surface area contributed by atoms with Crippen LogP contribution in [0.4, 0.5) is 0 Å². The molecule has 1 aromatic rings. The Morgan fingerprint density at radius 1 is 1.20 bits per heavy atom. The summed E-state index contributed by atoms with van der Waals surface area (Å²) in [5.74, 6) is 0. The Bertz CT molecular complexity index is 337. The summed E-state index contributed by atoms with van der Waals surface area (Å²) in [5, 5.41) is 9.46. The van der Waals surface area contributed by atoms with Gasteiger partial charge in [0.1, 0.15) is 0 Å². The third kappa shape index (κ3) is 1.58. The van der Waals surface area contributed by atoms with Gasteiger partial charge >= 0.3 is 0 Å². The molecule has 2 fully saturated rings. The Morgan fingerprint density at radius 3 is 2.40 bits per heavy atom. The molecule has 80 valence electrons. The number of hydrogen-bond acceptors (Lipinski definition) is 2. The second kappa shape index (κ2) is 3.32. The molecule has 1 N–H and O–H groups in total. The van der Waals surface area contributed by atoms with Crippen LogP contribution >= 0.6 is 0 Å². The second-order valence-corrected chi connectivity index (χ2v) is 5.01. The third-order valence-corrected chi connectivity index (χ3v) is 3.83. The highest BCUT2D eigenvalue weighted by Crippen LogP contribution is 2.54. The number of benzene rings is 1. The molecule has 1 aliphatic heterocycles. The van der Waals surface area contributed by atoms with Crippen molar-refractivity contribution in [1.29, 1.82) is 0 Å². The highest BCUT2D eigenvalue weighted by atomic mass is 16.3. The molecule has 0 radical (unpaired) electrons. The molecule has 15 heavy (non-hydrogen) atoms. The van der Waals surface area contributed by atoms with Crippen LogP contribution in [-0.4, -0.2) is 29.7 Å². The topological polar surface area (TPSA) is 23.5 Å². The number of hydrogen-bond donors (Lipinski definition) is 1. The Morgan fingerprint density at radius 2 is 1.87 bits per heavy atom. The van der Waals surface area contributed by atoms with Crippen LogP contribution in [0, 0.1) is 5.41 Å². The van der Waals surface area contributed by atoms with Crippen LogP contribution in [0.1, 0.15) is 24.4 Å². The van der Waals surface area contributed by atoms with Crippen LogP contribution < -0.4 is 0 Å². The average molecular weight is 203 g/mol. The van der Waals surface area contributed by atoms with Crippen molar-refractivity contribution < 1.29 is 5.11 Å². The van der Waals surface area contributed by atoms with Gasteiger partial charge in [-0.1, -0.05) is 30.3 Å². The lowest BCUT2D eigenvalue weighted by Crippen LogP contribution is -2.50. The van der Waals surface area contributed by atoms with Crippen molar-refractivity contribution in [2.75, 3.05) is 19.7 Å². The summed E-state index contributed by atoms with van der Waals surface area (Å²) >= 11 is 0. The zero-order valence-electron chi connectivity index (χ0n) is 8.89. The molecular formula is C13H17NO. The quantitative estimate of drug-likeness (QED) is 0.810. The molecule has 3 rings (SSSR count). The minimum absolute atomic E-state index is 0.220. The fourth-order valence-electron chi connectivity index (χ4n) is 2.64. The van der Waals surface area contributed by atoms with Gasteiger partial charge in [0.15, 0.2) is 0 Å². The zero-order valence-corrected chi connectivity index (χ0v) is 8.89. The first-order chi connectivity index (χ1) is 7.33. The van der Waals surface area contributed by atoms with E-state index in [9.17, 15) is 5.11 Å². The van der Waals surface area contributed by atoms with Crippen molar-refractivity contribution in [3.63, 3.8) is 0 Å². The van der Waals surface area contributed by atoms with E-state index in [1.165, 1.54) is 31.5 Å². The van der Waals surface area contributed by atoms with Crippen LogP contribution in [0.5, 0.6) is 0 Å². The summed E-state index contributed by atoms with van der Waals surface area (Å²) in [6, 6.07) is 10.6. The molecule has 0 bridgehead atoms. The van der Waals surface area contributed by atoms with Gasteiger partial charge in [-0.15, -0.1) is 0 Å². The molecule has 1 atom stereocenters. The van der Waals surface area contributed by atoms with Crippen LogP contribution in [0.25, 0.3) is 0 Å². The monoisotopic (exact) mass is 203 g/mol. The van der Waals surface area contributed by atoms with Gasteiger partial charge in [0.05, 0.1) is 12.6 Å². The summed E-state index contributed by atoms with van der Waals surface area (Å²) in [6.45, 7) is 2.61. The van der Waals surface area contributed by atoms with Crippen LogP contribution in [0.3, 0.4) is 0 Å². The van der Waals surface area contributed by atoms with E-state index in [-0.39, 0.29) is 12.6 Å². The van der Waals surface area contributed by atoms with Crippen LogP contribution in [-0.2, 0) is 0 Å². The van der Waals surface area contributed by atoms with E-state index in [4.69, 9.17) is 0 Å². The van der Waals surface area contributed by atoms with Gasteiger partial charge in [0.2, 0.25) is 0 Å². The van der Waals surface area contributed by atoms with E-state index in [2.05, 4.69) is 17.0 Å². The lowest BCUT2D eigenvalue weighted by atomic mass is 9.92. The molecule has 0 aromatic heterocycles. The fourth-order valence-corrected chi connectivity index (χ4v) is 2.64. The first-order valence-electron chi connectivity index (χ1n) is 5.73. The lowest BCUT2D eigenvalue weighted by Gasteiger charge is -2.44. The van der Waals surface area contributed by atoms with Crippen molar-refractivity contribution in [1.82, 2.24) is 4.90 Å². The maximum Gasteiger partial charge on any atom is 0.0628 e. The molecule has 1 aromatic carbocycles. The molecule has 1 spiro atoms.